The fourth-order valence-electron chi connectivity index (χ4n) is 4.45. The topological polar surface area (TPSA) is 103 Å². The van der Waals surface area contributed by atoms with E-state index in [0.29, 0.717) is 47.3 Å². The molecule has 38 heavy (non-hydrogen) atoms. The van der Waals surface area contributed by atoms with Gasteiger partial charge in [-0.15, -0.1) is 0 Å². The molecule has 2 N–H and O–H groups in total. The first-order valence-corrected chi connectivity index (χ1v) is 12.5. The van der Waals surface area contributed by atoms with E-state index in [0.717, 1.165) is 22.3 Å². The number of hydrogen-bond acceptors (Lipinski definition) is 7. The number of carbonyl (C=O) groups excluding carboxylic acids is 2. The highest BCUT2D eigenvalue weighted by Gasteiger charge is 2.40. The van der Waals surface area contributed by atoms with Crippen LogP contribution in [-0.2, 0) is 19.9 Å². The summed E-state index contributed by atoms with van der Waals surface area (Å²) >= 11 is 6.22. The van der Waals surface area contributed by atoms with Gasteiger partial charge in [0.15, 0.2) is 11.4 Å². The molecule has 5 rings (SSSR count). The molecule has 1 fully saturated rings. The number of aryl methyl sites for hydroxylation is 1. The predicted molar refractivity (Wildman–Crippen MR) is 144 cm³/mol. The van der Waals surface area contributed by atoms with Crippen molar-refractivity contribution in [1.29, 1.82) is 0 Å². The van der Waals surface area contributed by atoms with Gasteiger partial charge in [0.2, 0.25) is 0 Å². The number of nitrogens with one attached hydrogen (secondary N) is 2. The van der Waals surface area contributed by atoms with Crippen molar-refractivity contribution in [2.45, 2.75) is 25.6 Å². The van der Waals surface area contributed by atoms with Crippen molar-refractivity contribution in [3.8, 4) is 22.5 Å². The summed E-state index contributed by atoms with van der Waals surface area (Å²) in [7, 11) is 0. The summed E-state index contributed by atoms with van der Waals surface area (Å²) < 4.78 is 16.4. The van der Waals surface area contributed by atoms with E-state index in [9.17, 15) is 9.59 Å². The molecule has 0 radical (unpaired) electrons. The molecule has 1 amide bonds. The molecular formula is C29H26ClN3O5. The van der Waals surface area contributed by atoms with E-state index in [4.69, 9.17) is 25.6 Å². The van der Waals surface area contributed by atoms with Gasteiger partial charge in [0.25, 0.3) is 6.47 Å². The van der Waals surface area contributed by atoms with Crippen molar-refractivity contribution in [3.63, 3.8) is 0 Å². The zero-order valence-electron chi connectivity index (χ0n) is 20.9. The minimum Gasteiger partial charge on any atom is -0.454 e. The second-order valence-corrected chi connectivity index (χ2v) is 9.54. The second-order valence-electron chi connectivity index (χ2n) is 9.13. The molecule has 0 saturated carbocycles. The molecule has 9 heteroatoms. The average molecular weight is 532 g/mol. The van der Waals surface area contributed by atoms with E-state index < -0.39 is 17.8 Å². The van der Waals surface area contributed by atoms with E-state index in [1.807, 2.05) is 66.7 Å². The number of nitrogens with zero attached hydrogens (tertiary/aromatic N) is 1. The Kier molecular flexibility index (Phi) is 7.18. The van der Waals surface area contributed by atoms with E-state index in [2.05, 4.69) is 15.8 Å². The van der Waals surface area contributed by atoms with Crippen molar-refractivity contribution < 1.29 is 23.6 Å². The molecule has 0 bridgehead atoms. The standard InChI is InChI=1S/C29H26ClN3O5/c1-18-26(32-28(35)37-19(2)24-5-3-4-6-25(24)30)27(38-33-18)22-9-7-20(8-10-22)21-11-13-23(14-12-21)29(36-17-34)15-31-16-29/h3-14,17,19,31H,15-16H2,1-2H3,(H,32,35)/t19-/m1/s1. The summed E-state index contributed by atoms with van der Waals surface area (Å²) in [6.45, 7) is 5.19. The van der Waals surface area contributed by atoms with Crippen LogP contribution in [-0.4, -0.2) is 30.8 Å². The number of halogens is 1. The second kappa shape index (κ2) is 10.7. The van der Waals surface area contributed by atoms with Crippen molar-refractivity contribution >= 4 is 29.9 Å². The highest BCUT2D eigenvalue weighted by molar-refractivity contribution is 6.31. The smallest absolute Gasteiger partial charge is 0.412 e. The normalized spacial score (nSPS) is 14.7. The lowest BCUT2D eigenvalue weighted by atomic mass is 9.87. The summed E-state index contributed by atoms with van der Waals surface area (Å²) in [5.41, 5.74) is 4.79. The van der Waals surface area contributed by atoms with Crippen molar-refractivity contribution in [2.75, 3.05) is 18.4 Å². The van der Waals surface area contributed by atoms with Crippen LogP contribution in [0.1, 0.15) is 29.8 Å². The van der Waals surface area contributed by atoms with Gasteiger partial charge < -0.3 is 19.3 Å². The van der Waals surface area contributed by atoms with Crippen molar-refractivity contribution in [2.24, 2.45) is 0 Å². The van der Waals surface area contributed by atoms with Crippen LogP contribution in [0.15, 0.2) is 77.3 Å². The summed E-state index contributed by atoms with van der Waals surface area (Å²) in [5, 5.41) is 10.5. The number of anilines is 1. The average Bonchev–Trinajstić information content (AvgIpc) is 3.26. The highest BCUT2D eigenvalue weighted by Crippen LogP contribution is 2.35. The number of benzene rings is 3. The molecule has 1 aliphatic heterocycles. The number of ether oxygens (including phenoxy) is 2. The van der Waals surface area contributed by atoms with Gasteiger partial charge in [-0.3, -0.25) is 10.1 Å². The van der Waals surface area contributed by atoms with E-state index in [1.54, 1.807) is 19.9 Å². The minimum atomic E-state index is -0.639. The zero-order chi connectivity index (χ0) is 26.7. The molecule has 8 nitrogen and oxygen atoms in total. The number of aromatic nitrogens is 1. The maximum absolute atomic E-state index is 12.7. The number of rotatable bonds is 8. The maximum atomic E-state index is 12.7. The van der Waals surface area contributed by atoms with Crippen LogP contribution in [0, 0.1) is 6.92 Å². The third-order valence-electron chi connectivity index (χ3n) is 6.70. The zero-order valence-corrected chi connectivity index (χ0v) is 21.6. The summed E-state index contributed by atoms with van der Waals surface area (Å²) in [6, 6.07) is 22.9. The molecule has 1 saturated heterocycles. The van der Waals surface area contributed by atoms with Gasteiger partial charge in [0, 0.05) is 29.2 Å². The van der Waals surface area contributed by atoms with Gasteiger partial charge in [-0.05, 0) is 36.6 Å². The fourth-order valence-corrected chi connectivity index (χ4v) is 4.74. The summed E-state index contributed by atoms with van der Waals surface area (Å²) in [4.78, 5) is 23.6. The Hall–Kier alpha value is -4.14. The van der Waals surface area contributed by atoms with Crippen LogP contribution < -0.4 is 10.6 Å². The maximum Gasteiger partial charge on any atom is 0.412 e. The first-order valence-electron chi connectivity index (χ1n) is 12.1. The van der Waals surface area contributed by atoms with Crippen LogP contribution in [0.4, 0.5) is 10.5 Å². The number of amides is 1. The molecule has 0 spiro atoms. The Bertz CT molecular complexity index is 1450. The van der Waals surface area contributed by atoms with Gasteiger partial charge in [0.1, 0.15) is 17.5 Å². The number of carbonyl (C=O) groups is 2. The van der Waals surface area contributed by atoms with Crippen LogP contribution in [0.5, 0.6) is 0 Å². The molecule has 1 atom stereocenters. The molecule has 4 aromatic rings. The van der Waals surface area contributed by atoms with Gasteiger partial charge in [-0.25, -0.2) is 4.79 Å². The van der Waals surface area contributed by atoms with Gasteiger partial charge in [0.05, 0.1) is 0 Å². The summed E-state index contributed by atoms with van der Waals surface area (Å²) in [5.74, 6) is 0.428. The Morgan fingerprint density at radius 3 is 2.29 bits per heavy atom. The minimum absolute atomic E-state index is 0.428. The SMILES string of the molecule is Cc1noc(-c2ccc(-c3ccc(C4(OC=O)CNC4)cc3)cc2)c1NC(=O)O[C@H](C)c1ccccc1Cl. The lowest BCUT2D eigenvalue weighted by Crippen LogP contribution is -2.58. The first kappa shape index (κ1) is 25.5. The lowest BCUT2D eigenvalue weighted by molar-refractivity contribution is -0.150. The Morgan fingerprint density at radius 2 is 1.68 bits per heavy atom. The van der Waals surface area contributed by atoms with Gasteiger partial charge in [-0.1, -0.05) is 83.5 Å². The summed E-state index contributed by atoms with van der Waals surface area (Å²) in [6.07, 6.45) is -1.18. The van der Waals surface area contributed by atoms with E-state index in [-0.39, 0.29) is 0 Å². The Balaban J connectivity index is 1.30. The quantitative estimate of drug-likeness (QED) is 0.259. The fraction of sp³-hybridized carbons (Fsp3) is 0.207. The van der Waals surface area contributed by atoms with Gasteiger partial charge >= 0.3 is 6.09 Å². The lowest BCUT2D eigenvalue weighted by Gasteiger charge is -2.40. The molecule has 1 aromatic heterocycles. The van der Waals surface area contributed by atoms with Crippen molar-refractivity contribution in [3.05, 3.63) is 94.6 Å². The third kappa shape index (κ3) is 5.01. The first-order chi connectivity index (χ1) is 18.4. The molecule has 1 aliphatic rings. The van der Waals surface area contributed by atoms with E-state index in [1.165, 1.54) is 0 Å². The predicted octanol–water partition coefficient (Wildman–Crippen LogP) is 6.25. The van der Waals surface area contributed by atoms with E-state index >= 15 is 0 Å². The largest absolute Gasteiger partial charge is 0.454 e. The molecule has 3 aromatic carbocycles. The Morgan fingerprint density at radius 1 is 1.05 bits per heavy atom. The van der Waals surface area contributed by atoms with Crippen LogP contribution in [0.2, 0.25) is 5.02 Å². The number of hydrogen-bond donors (Lipinski definition) is 2. The van der Waals surface area contributed by atoms with Crippen LogP contribution >= 0.6 is 11.6 Å². The Labute approximate surface area is 224 Å². The van der Waals surface area contributed by atoms with Crippen molar-refractivity contribution in [1.82, 2.24) is 10.5 Å². The molecule has 194 valence electrons. The highest BCUT2D eigenvalue weighted by atomic mass is 35.5. The molecule has 2 heterocycles. The molecule has 0 unspecified atom stereocenters. The van der Waals surface area contributed by atoms with Crippen LogP contribution in [0.3, 0.4) is 0 Å². The molecule has 0 aliphatic carbocycles. The van der Waals surface area contributed by atoms with Crippen LogP contribution in [0.25, 0.3) is 22.5 Å². The monoisotopic (exact) mass is 531 g/mol. The molecular weight excluding hydrogens is 506 g/mol. The third-order valence-corrected chi connectivity index (χ3v) is 7.05. The van der Waals surface area contributed by atoms with Gasteiger partial charge in [-0.2, -0.15) is 0 Å².